The van der Waals surface area contributed by atoms with Gasteiger partial charge in [-0.3, -0.25) is 0 Å². The van der Waals surface area contributed by atoms with E-state index in [0.717, 1.165) is 24.1 Å². The highest BCUT2D eigenvalue weighted by molar-refractivity contribution is 5.28. The van der Waals surface area contributed by atoms with Gasteiger partial charge in [0.15, 0.2) is 0 Å². The van der Waals surface area contributed by atoms with Crippen molar-refractivity contribution in [2.24, 2.45) is 5.92 Å². The van der Waals surface area contributed by atoms with Crippen molar-refractivity contribution in [2.75, 3.05) is 6.54 Å². The molecule has 1 saturated carbocycles. The Morgan fingerprint density at radius 3 is 2.76 bits per heavy atom. The fourth-order valence-corrected chi connectivity index (χ4v) is 2.51. The van der Waals surface area contributed by atoms with Gasteiger partial charge in [0.05, 0.1) is 0 Å². The van der Waals surface area contributed by atoms with Crippen LogP contribution in [0.25, 0.3) is 0 Å². The number of benzene rings is 1. The Kier molecular flexibility index (Phi) is 4.16. The van der Waals surface area contributed by atoms with Gasteiger partial charge in [-0.15, -0.1) is 0 Å². The maximum atomic E-state index is 14.2. The maximum Gasteiger partial charge on any atom is 0.130 e. The second kappa shape index (κ2) is 5.63. The summed E-state index contributed by atoms with van der Waals surface area (Å²) in [6, 6.07) is 5.96. The van der Waals surface area contributed by atoms with Crippen molar-refractivity contribution in [3.63, 3.8) is 0 Å². The number of aryl methyl sites for hydroxylation is 1. The van der Waals surface area contributed by atoms with Crippen molar-refractivity contribution in [1.29, 1.82) is 0 Å². The molecule has 0 aliphatic heterocycles. The Balaban J connectivity index is 2.21. The smallest absolute Gasteiger partial charge is 0.130 e. The van der Waals surface area contributed by atoms with Crippen LogP contribution in [-0.4, -0.2) is 6.54 Å². The van der Waals surface area contributed by atoms with Gasteiger partial charge in [0, 0.05) is 11.6 Å². The molecule has 17 heavy (non-hydrogen) atoms. The molecule has 94 valence electrons. The molecule has 0 saturated heterocycles. The van der Waals surface area contributed by atoms with Gasteiger partial charge in [-0.2, -0.15) is 0 Å². The maximum absolute atomic E-state index is 14.2. The first kappa shape index (κ1) is 12.6. The van der Waals surface area contributed by atoms with E-state index >= 15 is 0 Å². The van der Waals surface area contributed by atoms with Crippen molar-refractivity contribution in [1.82, 2.24) is 5.32 Å². The first-order chi connectivity index (χ1) is 8.24. The highest BCUT2D eigenvalue weighted by atomic mass is 19.1. The molecule has 0 radical (unpaired) electrons. The minimum absolute atomic E-state index is 0.0204. The Labute approximate surface area is 103 Å². The molecule has 1 aromatic carbocycles. The van der Waals surface area contributed by atoms with Crippen LogP contribution >= 0.6 is 0 Å². The van der Waals surface area contributed by atoms with Crippen LogP contribution in [0.1, 0.15) is 49.8 Å². The lowest BCUT2D eigenvalue weighted by Crippen LogP contribution is -2.33. The summed E-state index contributed by atoms with van der Waals surface area (Å²) in [5, 5.41) is 3.52. The lowest BCUT2D eigenvalue weighted by molar-refractivity contribution is 0.227. The van der Waals surface area contributed by atoms with Crippen molar-refractivity contribution in [2.45, 2.75) is 45.6 Å². The first-order valence-electron chi connectivity index (χ1n) is 6.72. The van der Waals surface area contributed by atoms with E-state index in [1.165, 1.54) is 19.3 Å². The van der Waals surface area contributed by atoms with Crippen LogP contribution in [0.4, 0.5) is 4.39 Å². The van der Waals surface area contributed by atoms with Gasteiger partial charge in [-0.25, -0.2) is 4.39 Å². The minimum Gasteiger partial charge on any atom is -0.310 e. The van der Waals surface area contributed by atoms with E-state index in [0.29, 0.717) is 5.92 Å². The second-order valence-corrected chi connectivity index (χ2v) is 5.10. The number of halogens is 1. The standard InChI is InChI=1S/C15H22FN/c1-3-10-17-15(12-7-5-8-12)13-9-4-6-11(2)14(13)16/h4,6,9,12,15,17H,3,5,7-8,10H2,1-2H3. The fourth-order valence-electron chi connectivity index (χ4n) is 2.51. The van der Waals surface area contributed by atoms with Crippen LogP contribution < -0.4 is 5.32 Å². The number of rotatable bonds is 5. The van der Waals surface area contributed by atoms with E-state index in [4.69, 9.17) is 0 Å². The largest absolute Gasteiger partial charge is 0.310 e. The average molecular weight is 235 g/mol. The summed E-state index contributed by atoms with van der Waals surface area (Å²) in [4.78, 5) is 0. The topological polar surface area (TPSA) is 12.0 Å². The molecule has 0 aromatic heterocycles. The van der Waals surface area contributed by atoms with Crippen LogP contribution in [0.3, 0.4) is 0 Å². The third-order valence-electron chi connectivity index (χ3n) is 3.79. The molecule has 0 bridgehead atoms. The Morgan fingerprint density at radius 1 is 1.41 bits per heavy atom. The molecular weight excluding hydrogens is 213 g/mol. The molecule has 0 spiro atoms. The quantitative estimate of drug-likeness (QED) is 0.814. The number of hydrogen-bond acceptors (Lipinski definition) is 1. The lowest BCUT2D eigenvalue weighted by atomic mass is 9.77. The number of nitrogens with one attached hydrogen (secondary N) is 1. The Morgan fingerprint density at radius 2 is 2.18 bits per heavy atom. The van der Waals surface area contributed by atoms with Gasteiger partial charge in [0.2, 0.25) is 0 Å². The molecule has 1 atom stereocenters. The van der Waals surface area contributed by atoms with Crippen LogP contribution in [0.5, 0.6) is 0 Å². The second-order valence-electron chi connectivity index (χ2n) is 5.10. The Bertz CT molecular complexity index is 371. The van der Waals surface area contributed by atoms with Crippen molar-refractivity contribution < 1.29 is 4.39 Å². The minimum atomic E-state index is -0.0204. The molecule has 1 aromatic rings. The molecule has 1 aliphatic rings. The highest BCUT2D eigenvalue weighted by Gasteiger charge is 2.29. The Hall–Kier alpha value is -0.890. The van der Waals surface area contributed by atoms with Gasteiger partial charge in [0.25, 0.3) is 0 Å². The van der Waals surface area contributed by atoms with Crippen molar-refractivity contribution in [3.05, 3.63) is 35.1 Å². The zero-order chi connectivity index (χ0) is 12.3. The third kappa shape index (κ3) is 2.68. The van der Waals surface area contributed by atoms with Gasteiger partial charge < -0.3 is 5.32 Å². The van der Waals surface area contributed by atoms with Crippen molar-refractivity contribution in [3.8, 4) is 0 Å². The summed E-state index contributed by atoms with van der Waals surface area (Å²) in [6.45, 7) is 4.96. The van der Waals surface area contributed by atoms with Gasteiger partial charge >= 0.3 is 0 Å². The molecular formula is C15H22FN. The predicted octanol–water partition coefficient (Wildman–Crippen LogP) is 3.97. The zero-order valence-electron chi connectivity index (χ0n) is 10.8. The van der Waals surface area contributed by atoms with E-state index in [1.54, 1.807) is 0 Å². The monoisotopic (exact) mass is 235 g/mol. The summed E-state index contributed by atoms with van der Waals surface area (Å²) in [7, 11) is 0. The summed E-state index contributed by atoms with van der Waals surface area (Å²) >= 11 is 0. The molecule has 1 aliphatic carbocycles. The fraction of sp³-hybridized carbons (Fsp3) is 0.600. The van der Waals surface area contributed by atoms with E-state index in [1.807, 2.05) is 25.1 Å². The SMILES string of the molecule is CCCNC(c1cccc(C)c1F)C1CCC1. The zero-order valence-corrected chi connectivity index (χ0v) is 10.8. The van der Waals surface area contributed by atoms with Gasteiger partial charge in [0.1, 0.15) is 5.82 Å². The molecule has 0 heterocycles. The van der Waals surface area contributed by atoms with E-state index in [9.17, 15) is 4.39 Å². The van der Waals surface area contributed by atoms with Gasteiger partial charge in [-0.05, 0) is 44.2 Å². The van der Waals surface area contributed by atoms with Gasteiger partial charge in [-0.1, -0.05) is 31.5 Å². The summed E-state index contributed by atoms with van der Waals surface area (Å²) in [6.07, 6.45) is 4.85. The molecule has 2 heteroatoms. The molecule has 0 amide bonds. The van der Waals surface area contributed by atoms with E-state index in [2.05, 4.69) is 12.2 Å². The van der Waals surface area contributed by atoms with Crippen LogP contribution in [-0.2, 0) is 0 Å². The highest BCUT2D eigenvalue weighted by Crippen LogP contribution is 2.38. The summed E-state index contributed by atoms with van der Waals surface area (Å²) < 4.78 is 14.2. The summed E-state index contributed by atoms with van der Waals surface area (Å²) in [5.74, 6) is 0.603. The number of hydrogen-bond donors (Lipinski definition) is 1. The predicted molar refractivity (Wildman–Crippen MR) is 69.5 cm³/mol. The first-order valence-corrected chi connectivity index (χ1v) is 6.72. The van der Waals surface area contributed by atoms with E-state index < -0.39 is 0 Å². The molecule has 1 N–H and O–H groups in total. The molecule has 1 unspecified atom stereocenters. The third-order valence-corrected chi connectivity index (χ3v) is 3.79. The molecule has 2 rings (SSSR count). The van der Waals surface area contributed by atoms with Crippen molar-refractivity contribution >= 4 is 0 Å². The van der Waals surface area contributed by atoms with Crippen LogP contribution in [0.2, 0.25) is 0 Å². The normalized spacial score (nSPS) is 17.8. The lowest BCUT2D eigenvalue weighted by Gasteiger charge is -2.35. The van der Waals surface area contributed by atoms with Crippen LogP contribution in [0.15, 0.2) is 18.2 Å². The van der Waals surface area contributed by atoms with Crippen LogP contribution in [0, 0.1) is 18.7 Å². The average Bonchev–Trinajstić information content (AvgIpc) is 2.26. The van der Waals surface area contributed by atoms with E-state index in [-0.39, 0.29) is 11.9 Å². The summed E-state index contributed by atoms with van der Waals surface area (Å²) in [5.41, 5.74) is 1.62. The molecule has 1 nitrogen and oxygen atoms in total. The molecule has 1 fully saturated rings.